The van der Waals surface area contributed by atoms with Gasteiger partial charge < -0.3 is 4.90 Å². The normalized spacial score (nSPS) is 31.8. The van der Waals surface area contributed by atoms with E-state index in [1.54, 1.807) is 4.90 Å². The van der Waals surface area contributed by atoms with Gasteiger partial charge in [-0.15, -0.1) is 11.8 Å². The van der Waals surface area contributed by atoms with Crippen LogP contribution in [0.5, 0.6) is 0 Å². The Hall–Kier alpha value is -0.440. The van der Waals surface area contributed by atoms with E-state index in [9.17, 15) is 4.79 Å². The fourth-order valence-electron chi connectivity index (χ4n) is 1.04. The van der Waals surface area contributed by atoms with Crippen molar-refractivity contribution in [3.63, 3.8) is 0 Å². The molecule has 0 spiro atoms. The minimum absolute atomic E-state index is 0.267. The first-order valence-corrected chi connectivity index (χ1v) is 4.02. The van der Waals surface area contributed by atoms with E-state index < -0.39 is 0 Å². The zero-order valence-electron chi connectivity index (χ0n) is 4.91. The van der Waals surface area contributed by atoms with Crippen molar-refractivity contribution in [3.8, 4) is 0 Å². The summed E-state index contributed by atoms with van der Waals surface area (Å²) < 4.78 is 0. The van der Waals surface area contributed by atoms with Crippen LogP contribution in [0.15, 0.2) is 12.3 Å². The van der Waals surface area contributed by atoms with Gasteiger partial charge >= 0.3 is 0 Å². The molecule has 1 saturated heterocycles. The molecule has 0 aromatic rings. The number of fused-ring (bicyclic) bond motifs is 1. The third-order valence-electron chi connectivity index (χ3n) is 1.60. The molecule has 0 N–H and O–H groups in total. The largest absolute Gasteiger partial charge is 0.306 e. The van der Waals surface area contributed by atoms with Gasteiger partial charge in [0.2, 0.25) is 5.91 Å². The summed E-state index contributed by atoms with van der Waals surface area (Å²) in [6.07, 6.45) is 4.67. The molecule has 2 nitrogen and oxygen atoms in total. The van der Waals surface area contributed by atoms with Crippen molar-refractivity contribution in [1.29, 1.82) is 0 Å². The lowest BCUT2D eigenvalue weighted by Gasteiger charge is -2.39. The highest BCUT2D eigenvalue weighted by Gasteiger charge is 2.35. The predicted molar refractivity (Wildman–Crippen MR) is 36.8 cm³/mol. The summed E-state index contributed by atoms with van der Waals surface area (Å²) in [6, 6.07) is 0. The number of carbonyl (C=O) groups is 1. The number of hydrogen-bond donors (Lipinski definition) is 0. The molecule has 1 amide bonds. The van der Waals surface area contributed by atoms with Crippen LogP contribution in [-0.2, 0) is 4.79 Å². The summed E-state index contributed by atoms with van der Waals surface area (Å²) in [5.74, 6) is 1.33. The Balaban J connectivity index is 2.16. The lowest BCUT2D eigenvalue weighted by molar-refractivity contribution is -0.137. The summed E-state index contributed by atoms with van der Waals surface area (Å²) in [7, 11) is 0. The number of thioether (sulfide) groups is 1. The highest BCUT2D eigenvalue weighted by atomic mass is 32.2. The third-order valence-corrected chi connectivity index (χ3v) is 2.76. The maximum Gasteiger partial charge on any atom is 0.230 e. The molecule has 0 aromatic heterocycles. The summed E-state index contributed by atoms with van der Waals surface area (Å²) in [5, 5.41) is 0.475. The molecular weight excluding hydrogens is 134 g/mol. The van der Waals surface area contributed by atoms with Gasteiger partial charge in [-0.25, -0.2) is 0 Å². The zero-order chi connectivity index (χ0) is 6.27. The lowest BCUT2D eigenvalue weighted by atomic mass is 10.2. The van der Waals surface area contributed by atoms with Crippen LogP contribution in [0.2, 0.25) is 0 Å². The number of rotatable bonds is 0. The van der Waals surface area contributed by atoms with E-state index >= 15 is 0 Å². The molecule has 9 heavy (non-hydrogen) atoms. The first kappa shape index (κ1) is 5.35. The van der Waals surface area contributed by atoms with Crippen LogP contribution < -0.4 is 0 Å². The van der Waals surface area contributed by atoms with E-state index in [0.29, 0.717) is 5.37 Å². The minimum Gasteiger partial charge on any atom is -0.306 e. The first-order chi connectivity index (χ1) is 4.38. The second kappa shape index (κ2) is 1.77. The van der Waals surface area contributed by atoms with Gasteiger partial charge in [0.05, 0.1) is 11.8 Å². The van der Waals surface area contributed by atoms with Crippen molar-refractivity contribution in [2.45, 2.75) is 11.8 Å². The van der Waals surface area contributed by atoms with Crippen molar-refractivity contribution in [1.82, 2.24) is 4.90 Å². The molecule has 48 valence electrons. The Morgan fingerprint density at radius 2 is 2.67 bits per heavy atom. The van der Waals surface area contributed by atoms with Crippen molar-refractivity contribution < 1.29 is 4.79 Å². The van der Waals surface area contributed by atoms with Crippen molar-refractivity contribution in [2.75, 3.05) is 5.75 Å². The van der Waals surface area contributed by atoms with Gasteiger partial charge in [-0.1, -0.05) is 6.08 Å². The molecule has 0 aromatic carbocycles. The highest BCUT2D eigenvalue weighted by molar-refractivity contribution is 8.00. The molecule has 1 atom stereocenters. The van der Waals surface area contributed by atoms with Crippen molar-refractivity contribution in [2.24, 2.45) is 0 Å². The standard InChI is InChI=1S/C6H7NOS/c8-5-4-6-7(5)2-1-3-9-6/h1-2,6H,3-4H2. The molecule has 2 aliphatic heterocycles. The Bertz CT molecular complexity index is 178. The van der Waals surface area contributed by atoms with E-state index in [1.165, 1.54) is 0 Å². The molecule has 0 saturated carbocycles. The van der Waals surface area contributed by atoms with Crippen LogP contribution in [0.25, 0.3) is 0 Å². The summed E-state index contributed by atoms with van der Waals surface area (Å²) in [4.78, 5) is 12.5. The number of amides is 1. The van der Waals surface area contributed by atoms with Gasteiger partial charge in [-0.2, -0.15) is 0 Å². The van der Waals surface area contributed by atoms with E-state index in [2.05, 4.69) is 0 Å². The van der Waals surface area contributed by atoms with Crippen LogP contribution >= 0.6 is 11.8 Å². The molecule has 0 aliphatic carbocycles. The molecule has 1 fully saturated rings. The topological polar surface area (TPSA) is 20.3 Å². The number of hydrogen-bond acceptors (Lipinski definition) is 2. The predicted octanol–water partition coefficient (Wildman–Crippen LogP) is 0.805. The van der Waals surface area contributed by atoms with Crippen molar-refractivity contribution in [3.05, 3.63) is 12.3 Å². The number of nitrogens with zero attached hydrogens (tertiary/aromatic N) is 1. The van der Waals surface area contributed by atoms with E-state index in [4.69, 9.17) is 0 Å². The maximum atomic E-state index is 10.7. The molecule has 2 heterocycles. The summed E-state index contributed by atoms with van der Waals surface area (Å²) >= 11 is 1.84. The van der Waals surface area contributed by atoms with Gasteiger partial charge in [-0.3, -0.25) is 4.79 Å². The van der Waals surface area contributed by atoms with Crippen LogP contribution in [0, 0.1) is 0 Å². The highest BCUT2D eigenvalue weighted by Crippen LogP contribution is 2.32. The van der Waals surface area contributed by atoms with Crippen LogP contribution in [-0.4, -0.2) is 21.9 Å². The SMILES string of the molecule is O=C1CC2SCC=CN12. The second-order valence-electron chi connectivity index (χ2n) is 2.18. The average molecular weight is 141 g/mol. The zero-order valence-corrected chi connectivity index (χ0v) is 5.73. The van der Waals surface area contributed by atoms with Crippen LogP contribution in [0.3, 0.4) is 0 Å². The molecule has 0 bridgehead atoms. The Kier molecular flexibility index (Phi) is 1.05. The smallest absolute Gasteiger partial charge is 0.230 e. The van der Waals surface area contributed by atoms with Crippen molar-refractivity contribution >= 4 is 17.7 Å². The van der Waals surface area contributed by atoms with Gasteiger partial charge in [-0.05, 0) is 0 Å². The fraction of sp³-hybridized carbons (Fsp3) is 0.500. The number of β-lactam (4-membered cyclic amide) rings is 1. The van der Waals surface area contributed by atoms with Gasteiger partial charge in [0.25, 0.3) is 0 Å². The van der Waals surface area contributed by atoms with Crippen LogP contribution in [0.1, 0.15) is 6.42 Å². The monoisotopic (exact) mass is 141 g/mol. The van der Waals surface area contributed by atoms with Crippen LogP contribution in [0.4, 0.5) is 0 Å². The Morgan fingerprint density at radius 3 is 3.22 bits per heavy atom. The van der Waals surface area contributed by atoms with Gasteiger partial charge in [0.15, 0.2) is 0 Å². The Morgan fingerprint density at radius 1 is 1.78 bits per heavy atom. The van der Waals surface area contributed by atoms with E-state index in [-0.39, 0.29) is 5.91 Å². The molecule has 3 heteroatoms. The van der Waals surface area contributed by atoms with Gasteiger partial charge in [0.1, 0.15) is 0 Å². The molecular formula is C6H7NOS. The second-order valence-corrected chi connectivity index (χ2v) is 3.39. The number of carbonyl (C=O) groups excluding carboxylic acids is 1. The average Bonchev–Trinajstić information content (AvgIpc) is 1.86. The molecule has 1 unspecified atom stereocenters. The molecule has 2 rings (SSSR count). The summed E-state index contributed by atoms with van der Waals surface area (Å²) in [6.45, 7) is 0. The van der Waals surface area contributed by atoms with E-state index in [1.807, 2.05) is 24.0 Å². The Labute approximate surface area is 57.9 Å². The first-order valence-electron chi connectivity index (χ1n) is 2.97. The fourth-order valence-corrected chi connectivity index (χ4v) is 2.07. The van der Waals surface area contributed by atoms with Gasteiger partial charge in [0, 0.05) is 12.0 Å². The quantitative estimate of drug-likeness (QED) is 0.465. The van der Waals surface area contributed by atoms with E-state index in [0.717, 1.165) is 12.2 Å². The lowest BCUT2D eigenvalue weighted by Crippen LogP contribution is -2.48. The molecule has 2 aliphatic rings. The third kappa shape index (κ3) is 0.678. The minimum atomic E-state index is 0.267. The summed E-state index contributed by atoms with van der Waals surface area (Å²) in [5.41, 5.74) is 0. The maximum absolute atomic E-state index is 10.7. The molecule has 0 radical (unpaired) electrons.